The maximum absolute atomic E-state index is 12.8. The fourth-order valence-corrected chi connectivity index (χ4v) is 4.95. The summed E-state index contributed by atoms with van der Waals surface area (Å²) in [5, 5.41) is 2.78. The van der Waals surface area contributed by atoms with Gasteiger partial charge in [0.2, 0.25) is 10.0 Å². The molecule has 1 atom stereocenters. The number of ether oxygens (including phenoxy) is 1. The topological polar surface area (TPSA) is 75.7 Å². The first-order valence-electron chi connectivity index (χ1n) is 10.1. The number of benzene rings is 2. The van der Waals surface area contributed by atoms with Crippen molar-refractivity contribution in [1.29, 1.82) is 0 Å². The van der Waals surface area contributed by atoms with Crippen LogP contribution in [0.4, 0.5) is 8.78 Å². The minimum Gasteiger partial charge on any atom is -0.435 e. The van der Waals surface area contributed by atoms with E-state index in [1.807, 2.05) is 0 Å². The minimum atomic E-state index is -3.58. The molecular weight excluding hydrogens is 426 g/mol. The number of nitrogens with one attached hydrogen (secondary N) is 1. The second-order valence-electron chi connectivity index (χ2n) is 7.76. The van der Waals surface area contributed by atoms with E-state index >= 15 is 0 Å². The van der Waals surface area contributed by atoms with E-state index < -0.39 is 28.6 Å². The lowest BCUT2D eigenvalue weighted by molar-refractivity contribution is -0.0499. The van der Waals surface area contributed by atoms with Crippen LogP contribution in [-0.2, 0) is 10.0 Å². The molecule has 0 radical (unpaired) electrons. The predicted molar refractivity (Wildman–Crippen MR) is 113 cm³/mol. The van der Waals surface area contributed by atoms with Crippen molar-refractivity contribution >= 4 is 15.9 Å². The van der Waals surface area contributed by atoms with Crippen molar-refractivity contribution in [2.75, 3.05) is 13.1 Å². The van der Waals surface area contributed by atoms with Gasteiger partial charge >= 0.3 is 6.61 Å². The van der Waals surface area contributed by atoms with Crippen molar-refractivity contribution in [3.63, 3.8) is 0 Å². The van der Waals surface area contributed by atoms with Crippen LogP contribution >= 0.6 is 0 Å². The van der Waals surface area contributed by atoms with E-state index in [9.17, 15) is 22.0 Å². The summed E-state index contributed by atoms with van der Waals surface area (Å²) in [5.74, 6) is 0.126. The molecule has 0 aromatic heterocycles. The summed E-state index contributed by atoms with van der Waals surface area (Å²) in [5.41, 5.74) is 0.906. The molecule has 0 aliphatic carbocycles. The Hall–Kier alpha value is -2.52. The summed E-state index contributed by atoms with van der Waals surface area (Å²) in [6.07, 6.45) is 1.67. The summed E-state index contributed by atoms with van der Waals surface area (Å²) in [6, 6.07) is 11.4. The molecule has 1 amide bonds. The van der Waals surface area contributed by atoms with E-state index in [4.69, 9.17) is 0 Å². The predicted octanol–water partition coefficient (Wildman–Crippen LogP) is 4.20. The lowest BCUT2D eigenvalue weighted by Gasteiger charge is -2.29. The summed E-state index contributed by atoms with van der Waals surface area (Å²) < 4.78 is 56.3. The van der Waals surface area contributed by atoms with Crippen LogP contribution in [0, 0.1) is 5.92 Å². The molecule has 0 saturated carbocycles. The lowest BCUT2D eigenvalue weighted by atomic mass is 10.0. The van der Waals surface area contributed by atoms with Gasteiger partial charge in [-0.1, -0.05) is 19.1 Å². The molecule has 31 heavy (non-hydrogen) atoms. The zero-order chi connectivity index (χ0) is 22.6. The highest BCUT2D eigenvalue weighted by atomic mass is 32.2. The highest BCUT2D eigenvalue weighted by Crippen LogP contribution is 2.24. The van der Waals surface area contributed by atoms with Crippen LogP contribution in [-0.4, -0.2) is 38.3 Å². The molecule has 1 aliphatic rings. The first-order valence-corrected chi connectivity index (χ1v) is 11.6. The van der Waals surface area contributed by atoms with Gasteiger partial charge in [-0.2, -0.15) is 13.1 Å². The van der Waals surface area contributed by atoms with Crippen LogP contribution in [0.25, 0.3) is 0 Å². The zero-order valence-corrected chi connectivity index (χ0v) is 18.2. The van der Waals surface area contributed by atoms with Crippen molar-refractivity contribution < 1.29 is 26.7 Å². The highest BCUT2D eigenvalue weighted by molar-refractivity contribution is 7.89. The number of amides is 1. The Morgan fingerprint density at radius 2 is 1.77 bits per heavy atom. The molecular formula is C22H26F2N2O4S. The zero-order valence-electron chi connectivity index (χ0n) is 17.4. The highest BCUT2D eigenvalue weighted by Gasteiger charge is 2.28. The van der Waals surface area contributed by atoms with Crippen LogP contribution in [0.3, 0.4) is 0 Å². The quantitative estimate of drug-likeness (QED) is 0.683. The first-order chi connectivity index (χ1) is 14.7. The average Bonchev–Trinajstić information content (AvgIpc) is 2.74. The van der Waals surface area contributed by atoms with Crippen molar-refractivity contribution in [3.8, 4) is 5.75 Å². The van der Waals surface area contributed by atoms with Gasteiger partial charge in [0.05, 0.1) is 10.9 Å². The second kappa shape index (κ2) is 9.74. The lowest BCUT2D eigenvalue weighted by Crippen LogP contribution is -2.37. The molecule has 9 heteroatoms. The normalized spacial score (nSPS) is 16.8. The van der Waals surface area contributed by atoms with Gasteiger partial charge in [-0.3, -0.25) is 4.79 Å². The third kappa shape index (κ3) is 5.80. The third-order valence-electron chi connectivity index (χ3n) is 5.43. The number of sulfonamides is 1. The summed E-state index contributed by atoms with van der Waals surface area (Å²) >= 11 is 0. The summed E-state index contributed by atoms with van der Waals surface area (Å²) in [7, 11) is -3.58. The molecule has 2 aromatic carbocycles. The van der Waals surface area contributed by atoms with E-state index in [1.165, 1.54) is 40.7 Å². The number of hydrogen-bond donors (Lipinski definition) is 1. The van der Waals surface area contributed by atoms with E-state index in [1.54, 1.807) is 19.1 Å². The van der Waals surface area contributed by atoms with Crippen molar-refractivity contribution in [3.05, 3.63) is 59.7 Å². The smallest absolute Gasteiger partial charge is 0.387 e. The molecule has 1 saturated heterocycles. The number of carbonyl (C=O) groups is 1. The van der Waals surface area contributed by atoms with Gasteiger partial charge in [-0.05, 0) is 67.6 Å². The minimum absolute atomic E-state index is 0.00950. The van der Waals surface area contributed by atoms with Gasteiger partial charge in [-0.15, -0.1) is 0 Å². The number of hydrogen-bond acceptors (Lipinski definition) is 4. The van der Waals surface area contributed by atoms with Crippen LogP contribution in [0.2, 0.25) is 0 Å². The fourth-order valence-electron chi connectivity index (χ4n) is 3.48. The second-order valence-corrected chi connectivity index (χ2v) is 9.70. The van der Waals surface area contributed by atoms with Crippen molar-refractivity contribution in [2.45, 2.75) is 44.2 Å². The Morgan fingerprint density at radius 1 is 1.13 bits per heavy atom. The van der Waals surface area contributed by atoms with Crippen LogP contribution in [0.15, 0.2) is 53.4 Å². The summed E-state index contributed by atoms with van der Waals surface area (Å²) in [6.45, 7) is 1.90. The van der Waals surface area contributed by atoms with Crippen LogP contribution < -0.4 is 10.1 Å². The number of nitrogens with zero attached hydrogens (tertiary/aromatic N) is 1. The van der Waals surface area contributed by atoms with E-state index in [2.05, 4.69) is 17.0 Å². The van der Waals surface area contributed by atoms with Gasteiger partial charge in [0, 0.05) is 18.7 Å². The average molecular weight is 453 g/mol. The van der Waals surface area contributed by atoms with Crippen LogP contribution in [0.1, 0.15) is 48.7 Å². The van der Waals surface area contributed by atoms with Gasteiger partial charge < -0.3 is 10.1 Å². The monoisotopic (exact) mass is 452 g/mol. The van der Waals surface area contributed by atoms with Gasteiger partial charge in [0.1, 0.15) is 5.75 Å². The Morgan fingerprint density at radius 3 is 2.39 bits per heavy atom. The van der Waals surface area contributed by atoms with E-state index in [0.717, 1.165) is 12.8 Å². The molecule has 1 fully saturated rings. The molecule has 1 unspecified atom stereocenters. The van der Waals surface area contributed by atoms with Crippen molar-refractivity contribution in [1.82, 2.24) is 9.62 Å². The molecule has 3 rings (SSSR count). The number of halogens is 2. The Bertz CT molecular complexity index is 1000. The number of rotatable bonds is 7. The van der Waals surface area contributed by atoms with Crippen LogP contribution in [0.5, 0.6) is 5.75 Å². The van der Waals surface area contributed by atoms with Gasteiger partial charge in [-0.25, -0.2) is 8.42 Å². The molecule has 6 nitrogen and oxygen atoms in total. The molecule has 0 spiro atoms. The Balaban J connectivity index is 1.66. The van der Waals surface area contributed by atoms with Gasteiger partial charge in [0.15, 0.2) is 0 Å². The van der Waals surface area contributed by atoms with Gasteiger partial charge in [0.25, 0.3) is 5.91 Å². The van der Waals surface area contributed by atoms with Crippen molar-refractivity contribution in [2.24, 2.45) is 5.92 Å². The molecule has 168 valence electrons. The van der Waals surface area contributed by atoms with E-state index in [0.29, 0.717) is 30.1 Å². The summed E-state index contributed by atoms with van der Waals surface area (Å²) in [4.78, 5) is 12.7. The number of carbonyl (C=O) groups excluding carboxylic acids is 1. The third-order valence-corrected chi connectivity index (χ3v) is 7.34. The molecule has 2 aromatic rings. The first kappa shape index (κ1) is 23.1. The Labute approximate surface area is 181 Å². The largest absolute Gasteiger partial charge is 0.435 e. The number of alkyl halides is 2. The maximum Gasteiger partial charge on any atom is 0.387 e. The number of piperidine rings is 1. The maximum atomic E-state index is 12.8. The molecule has 0 bridgehead atoms. The molecule has 1 N–H and O–H groups in total. The fraction of sp³-hybridized carbons (Fsp3) is 0.409. The molecule has 1 heterocycles. The SMILES string of the molecule is CC1CCN(S(=O)(=O)c2ccc(C(=O)NC(C)c3cccc(OC(F)F)c3)cc2)CC1. The standard InChI is InChI=1S/C22H26F2N2O4S/c1-15-10-12-26(13-11-15)31(28,29)20-8-6-17(7-9-20)21(27)25-16(2)18-4-3-5-19(14-18)30-22(23)24/h3-9,14-16,22H,10-13H2,1-2H3,(H,25,27). The molecule has 1 aliphatic heterocycles. The Kier molecular flexibility index (Phi) is 7.27. The van der Waals surface area contributed by atoms with E-state index in [-0.39, 0.29) is 10.6 Å².